The van der Waals surface area contributed by atoms with E-state index in [-0.39, 0.29) is 26.4 Å². The molecule has 1 aromatic carbocycles. The average molecular weight is 436 g/mol. The predicted molar refractivity (Wildman–Crippen MR) is 94.7 cm³/mol. The molecule has 14 heteroatoms. The Morgan fingerprint density at radius 1 is 0.857 bits per heavy atom. The van der Waals surface area contributed by atoms with Gasteiger partial charge in [0.05, 0.1) is 39.6 Å². The molecule has 0 radical (unpaired) electrons. The molecule has 0 saturated heterocycles. The summed E-state index contributed by atoms with van der Waals surface area (Å²) in [5.74, 6) is -3.23. The average Bonchev–Trinajstić information content (AvgIpc) is 2.61. The zero-order chi connectivity index (χ0) is 22.3. The van der Waals surface area contributed by atoms with Crippen LogP contribution in [0, 0.1) is 0 Å². The second kappa shape index (κ2) is 15.8. The monoisotopic (exact) mass is 436 g/mol. The van der Waals surface area contributed by atoms with Crippen LogP contribution in [0.25, 0.3) is 0 Å². The molecule has 0 aromatic heterocycles. The molecule has 0 saturated carbocycles. The Labute approximate surface area is 178 Å². The van der Waals surface area contributed by atoms with Gasteiger partial charge in [-0.05, 0) is 0 Å². The minimum Gasteiger partial charge on any atom is -0.394 e. The van der Waals surface area contributed by atoms with Crippen molar-refractivity contribution < 1.29 is 57.9 Å². The molecule has 0 aliphatic carbocycles. The molecular formula is C14H21NaO12S. The van der Waals surface area contributed by atoms with Gasteiger partial charge in [0.2, 0.25) is 0 Å². The Bertz CT molecular complexity index is 678. The third-order valence-electron chi connectivity index (χ3n) is 2.52. The van der Waals surface area contributed by atoms with Crippen LogP contribution in [0.4, 0.5) is 0 Å². The molecule has 0 spiro atoms. The second-order valence-corrected chi connectivity index (χ2v) is 7.29. The van der Waals surface area contributed by atoms with Crippen LogP contribution >= 0.6 is 0 Å². The normalized spacial score (nSPS) is 10.2. The third kappa shape index (κ3) is 12.4. The van der Waals surface area contributed by atoms with Gasteiger partial charge in [-0.15, -0.1) is 0 Å². The summed E-state index contributed by atoms with van der Waals surface area (Å²) in [5, 5.41) is 49.0. The van der Waals surface area contributed by atoms with E-state index < -0.39 is 38.1 Å². The Morgan fingerprint density at radius 3 is 1.43 bits per heavy atom. The SMILES string of the molecule is O=C(O)c1c[c]([Na])cc(C(=O)O)c1S(=O)(=O)O.OCCO.OCCOCCO. The summed E-state index contributed by atoms with van der Waals surface area (Å²) in [6.45, 7) is 0.446. The second-order valence-electron chi connectivity index (χ2n) is 4.78. The first-order chi connectivity index (χ1) is 13.0. The first-order valence-electron chi connectivity index (χ1n) is 7.57. The first-order valence-corrected chi connectivity index (χ1v) is 10.0. The molecule has 0 unspecified atom stereocenters. The van der Waals surface area contributed by atoms with E-state index in [9.17, 15) is 18.0 Å². The van der Waals surface area contributed by atoms with Crippen molar-refractivity contribution in [2.24, 2.45) is 0 Å². The minimum atomic E-state index is -4.92. The Kier molecular flexibility index (Phi) is 16.4. The first kappa shape index (κ1) is 29.1. The number of aromatic carboxylic acids is 2. The number of hydrogen-bond donors (Lipinski definition) is 7. The van der Waals surface area contributed by atoms with Gasteiger partial charge < -0.3 is 25.2 Å². The summed E-state index contributed by atoms with van der Waals surface area (Å²) in [7, 11) is -4.92. The number of benzene rings is 1. The Balaban J connectivity index is 0. The van der Waals surface area contributed by atoms with Crippen molar-refractivity contribution >= 4 is 52.8 Å². The van der Waals surface area contributed by atoms with Crippen molar-refractivity contribution in [2.75, 3.05) is 39.6 Å². The van der Waals surface area contributed by atoms with Gasteiger partial charge >= 0.3 is 114 Å². The summed E-state index contributed by atoms with van der Waals surface area (Å²) in [4.78, 5) is 20.6. The van der Waals surface area contributed by atoms with Gasteiger partial charge in [-0.1, -0.05) is 0 Å². The molecule has 0 amide bonds. The molecule has 7 N–H and O–H groups in total. The van der Waals surface area contributed by atoms with Crippen molar-refractivity contribution in [2.45, 2.75) is 4.90 Å². The molecule has 0 aliphatic rings. The Morgan fingerprint density at radius 2 is 1.21 bits per heavy atom. The van der Waals surface area contributed by atoms with Gasteiger partial charge in [-0.25, -0.2) is 0 Å². The van der Waals surface area contributed by atoms with Crippen LogP contribution in [0.15, 0.2) is 17.0 Å². The predicted octanol–water partition coefficient (Wildman–Crippen LogP) is -2.92. The molecule has 0 bridgehead atoms. The molecule has 12 nitrogen and oxygen atoms in total. The van der Waals surface area contributed by atoms with Crippen LogP contribution < -0.4 is 2.81 Å². The molecule has 28 heavy (non-hydrogen) atoms. The maximum absolute atomic E-state index is 11.0. The van der Waals surface area contributed by atoms with Crippen LogP contribution in [0.3, 0.4) is 0 Å². The summed E-state index contributed by atoms with van der Waals surface area (Å²) in [5.41, 5.74) is -1.48. The van der Waals surface area contributed by atoms with Crippen LogP contribution in [0.1, 0.15) is 20.7 Å². The molecular weight excluding hydrogens is 415 g/mol. The van der Waals surface area contributed by atoms with Crippen molar-refractivity contribution in [1.29, 1.82) is 0 Å². The van der Waals surface area contributed by atoms with Crippen molar-refractivity contribution in [3.8, 4) is 0 Å². The van der Waals surface area contributed by atoms with Crippen LogP contribution in [0.2, 0.25) is 0 Å². The van der Waals surface area contributed by atoms with Crippen molar-refractivity contribution in [1.82, 2.24) is 0 Å². The molecule has 156 valence electrons. The van der Waals surface area contributed by atoms with E-state index in [0.29, 0.717) is 44.0 Å². The van der Waals surface area contributed by atoms with Gasteiger partial charge in [0.25, 0.3) is 0 Å². The van der Waals surface area contributed by atoms with E-state index in [1.54, 1.807) is 0 Å². The molecule has 1 rings (SSSR count). The fraction of sp³-hybridized carbons (Fsp3) is 0.429. The minimum absolute atomic E-state index is 0.0278. The maximum Gasteiger partial charge on any atom is 0.0698 e. The number of ether oxygens (including phenoxy) is 1. The maximum atomic E-state index is 11.0. The van der Waals surface area contributed by atoms with Gasteiger partial charge in [0.15, 0.2) is 0 Å². The van der Waals surface area contributed by atoms with Crippen LogP contribution in [0.5, 0.6) is 0 Å². The molecule has 0 fully saturated rings. The van der Waals surface area contributed by atoms with Gasteiger partial charge in [0, 0.05) is 0 Å². The van der Waals surface area contributed by atoms with Gasteiger partial charge in [-0.2, -0.15) is 0 Å². The summed E-state index contributed by atoms with van der Waals surface area (Å²) >= 11 is 0.344. The third-order valence-corrected chi connectivity index (χ3v) is 4.06. The topological polar surface area (TPSA) is 219 Å². The number of carboxylic acid groups (broad SMARTS) is 2. The fourth-order valence-electron chi connectivity index (χ4n) is 1.60. The largest absolute Gasteiger partial charge is 0.394 e. The number of aliphatic hydroxyl groups excluding tert-OH is 4. The standard InChI is InChI=1S/C8H5O7S.C4H10O3.C2H6O2.Na/c9-7(10)4-2-1-3-5(8(11)12)6(4)16(13,14)15;5-1-3-7-4-2-6;3-1-2-4;/h2-3H,(H,9,10)(H,11,12)(H,13,14,15);5-6H,1-4H2;3-4H,1-2H2;. The summed E-state index contributed by atoms with van der Waals surface area (Å²) < 4.78 is 36.0. The van der Waals surface area contributed by atoms with E-state index in [4.69, 9.17) is 35.2 Å². The number of carboxylic acids is 2. The van der Waals surface area contributed by atoms with Gasteiger partial charge in [0.1, 0.15) is 0 Å². The quantitative estimate of drug-likeness (QED) is 0.124. The summed E-state index contributed by atoms with van der Waals surface area (Å²) in [6, 6.07) is 2.06. The molecule has 0 heterocycles. The fourth-order valence-corrected chi connectivity index (χ4v) is 3.03. The van der Waals surface area contributed by atoms with Crippen LogP contribution in [-0.2, 0) is 14.9 Å². The molecule has 0 aliphatic heterocycles. The molecule has 1 aromatic rings. The molecule has 0 atom stereocenters. The number of hydrogen-bond acceptors (Lipinski definition) is 9. The van der Waals surface area contributed by atoms with E-state index >= 15 is 0 Å². The van der Waals surface area contributed by atoms with E-state index in [0.717, 1.165) is 12.1 Å². The van der Waals surface area contributed by atoms with Crippen molar-refractivity contribution in [3.63, 3.8) is 0 Å². The Hall–Kier alpha value is -1.13. The smallest absolute Gasteiger partial charge is 0.0698 e. The number of carbonyl (C=O) groups is 2. The van der Waals surface area contributed by atoms with E-state index in [2.05, 4.69) is 4.74 Å². The zero-order valence-electron chi connectivity index (χ0n) is 15.0. The van der Waals surface area contributed by atoms with Gasteiger partial charge in [-0.3, -0.25) is 0 Å². The van der Waals surface area contributed by atoms with E-state index in [1.807, 2.05) is 0 Å². The van der Waals surface area contributed by atoms with E-state index in [1.165, 1.54) is 0 Å². The van der Waals surface area contributed by atoms with Crippen molar-refractivity contribution in [3.05, 3.63) is 23.3 Å². The summed E-state index contributed by atoms with van der Waals surface area (Å²) in [6.07, 6.45) is 0. The number of aliphatic hydroxyl groups is 4. The number of rotatable bonds is 8. The van der Waals surface area contributed by atoms with Crippen LogP contribution in [-0.4, -0.2) is 123 Å². The zero-order valence-corrected chi connectivity index (χ0v) is 17.8.